The van der Waals surface area contributed by atoms with Crippen molar-refractivity contribution in [2.24, 2.45) is 5.92 Å². The summed E-state index contributed by atoms with van der Waals surface area (Å²) in [4.78, 5) is 0. The fourth-order valence-corrected chi connectivity index (χ4v) is 2.05. The lowest BCUT2D eigenvalue weighted by Crippen LogP contribution is -2.25. The molecule has 1 saturated carbocycles. The fourth-order valence-electron chi connectivity index (χ4n) is 2.05. The lowest BCUT2D eigenvalue weighted by molar-refractivity contribution is 0.439. The molecule has 0 unspecified atom stereocenters. The maximum absolute atomic E-state index is 5.26. The second-order valence-corrected chi connectivity index (χ2v) is 4.08. The minimum atomic E-state index is 0.708. The van der Waals surface area contributed by atoms with Gasteiger partial charge in [-0.3, -0.25) is 0 Å². The second-order valence-electron chi connectivity index (χ2n) is 4.08. The Labute approximate surface area is 79.3 Å². The first kappa shape index (κ1) is 8.82. The predicted molar refractivity (Wildman–Crippen MR) is 52.4 cm³/mol. The molecule has 0 amide bonds. The van der Waals surface area contributed by atoms with E-state index in [0.717, 1.165) is 18.2 Å². The smallest absolute Gasteiger partial charge is 0.117 e. The Morgan fingerprint density at radius 2 is 2.46 bits per heavy atom. The summed E-state index contributed by atoms with van der Waals surface area (Å²) in [5, 5.41) is 3.52. The fraction of sp³-hybridized carbons (Fsp3) is 0.636. The Hall–Kier alpha value is -0.760. The molecule has 72 valence electrons. The van der Waals surface area contributed by atoms with Crippen LogP contribution in [-0.4, -0.2) is 6.04 Å². The Morgan fingerprint density at radius 1 is 1.54 bits per heavy atom. The SMILES string of the molecule is C[C@H]1CC[C@H](NCc2ccco2)C1. The summed E-state index contributed by atoms with van der Waals surface area (Å²) in [6.07, 6.45) is 5.74. The minimum Gasteiger partial charge on any atom is -0.468 e. The van der Waals surface area contributed by atoms with Crippen molar-refractivity contribution in [1.29, 1.82) is 0 Å². The molecule has 1 aliphatic carbocycles. The zero-order valence-electron chi connectivity index (χ0n) is 8.12. The monoisotopic (exact) mass is 179 g/mol. The largest absolute Gasteiger partial charge is 0.468 e. The van der Waals surface area contributed by atoms with Crippen LogP contribution in [-0.2, 0) is 6.54 Å². The number of hydrogen-bond donors (Lipinski definition) is 1. The summed E-state index contributed by atoms with van der Waals surface area (Å²) in [6.45, 7) is 3.21. The van der Waals surface area contributed by atoms with E-state index >= 15 is 0 Å². The summed E-state index contributed by atoms with van der Waals surface area (Å²) in [6, 6.07) is 4.67. The molecule has 1 fully saturated rings. The van der Waals surface area contributed by atoms with Gasteiger partial charge < -0.3 is 9.73 Å². The van der Waals surface area contributed by atoms with Crippen molar-refractivity contribution in [3.05, 3.63) is 24.2 Å². The predicted octanol–water partition coefficient (Wildman–Crippen LogP) is 2.56. The van der Waals surface area contributed by atoms with E-state index in [2.05, 4.69) is 12.2 Å². The van der Waals surface area contributed by atoms with Crippen LogP contribution in [0.25, 0.3) is 0 Å². The molecule has 1 aliphatic rings. The summed E-state index contributed by atoms with van der Waals surface area (Å²) >= 11 is 0. The van der Waals surface area contributed by atoms with E-state index < -0.39 is 0 Å². The van der Waals surface area contributed by atoms with E-state index in [0.29, 0.717) is 6.04 Å². The average Bonchev–Trinajstić information content (AvgIpc) is 2.71. The molecule has 2 nitrogen and oxygen atoms in total. The molecule has 2 rings (SSSR count). The van der Waals surface area contributed by atoms with Gasteiger partial charge in [-0.1, -0.05) is 6.92 Å². The van der Waals surface area contributed by atoms with Crippen molar-refractivity contribution in [2.45, 2.75) is 38.8 Å². The number of nitrogens with one attached hydrogen (secondary N) is 1. The van der Waals surface area contributed by atoms with Crippen molar-refractivity contribution in [3.8, 4) is 0 Å². The van der Waals surface area contributed by atoms with Crippen LogP contribution in [0.2, 0.25) is 0 Å². The van der Waals surface area contributed by atoms with Crippen LogP contribution < -0.4 is 5.32 Å². The topological polar surface area (TPSA) is 25.2 Å². The van der Waals surface area contributed by atoms with Crippen molar-refractivity contribution in [3.63, 3.8) is 0 Å². The van der Waals surface area contributed by atoms with Crippen molar-refractivity contribution < 1.29 is 4.42 Å². The van der Waals surface area contributed by atoms with Gasteiger partial charge in [0, 0.05) is 6.04 Å². The van der Waals surface area contributed by atoms with E-state index in [4.69, 9.17) is 4.42 Å². The molecular formula is C11H17NO. The molecule has 0 aromatic carbocycles. The molecule has 1 heterocycles. The first-order valence-corrected chi connectivity index (χ1v) is 5.10. The van der Waals surface area contributed by atoms with E-state index in [-0.39, 0.29) is 0 Å². The van der Waals surface area contributed by atoms with Crippen LogP contribution in [0.15, 0.2) is 22.8 Å². The maximum atomic E-state index is 5.26. The standard InChI is InChI=1S/C11H17NO/c1-9-4-5-10(7-9)12-8-11-3-2-6-13-11/h2-3,6,9-10,12H,4-5,7-8H2,1H3/t9-,10-/m0/s1. The normalized spacial score (nSPS) is 28.1. The molecule has 0 saturated heterocycles. The van der Waals surface area contributed by atoms with E-state index in [1.165, 1.54) is 19.3 Å². The second kappa shape index (κ2) is 3.97. The van der Waals surface area contributed by atoms with Crippen LogP contribution in [0, 0.1) is 5.92 Å². The quantitative estimate of drug-likeness (QED) is 0.771. The van der Waals surface area contributed by atoms with Gasteiger partial charge in [0.25, 0.3) is 0 Å². The lowest BCUT2D eigenvalue weighted by atomic mass is 10.1. The molecule has 13 heavy (non-hydrogen) atoms. The van der Waals surface area contributed by atoms with Gasteiger partial charge in [0.2, 0.25) is 0 Å². The molecule has 2 heteroatoms. The molecule has 1 aromatic heterocycles. The average molecular weight is 179 g/mol. The highest BCUT2D eigenvalue weighted by molar-refractivity contribution is 4.98. The van der Waals surface area contributed by atoms with E-state index in [1.807, 2.05) is 12.1 Å². The summed E-state index contributed by atoms with van der Waals surface area (Å²) in [7, 11) is 0. The van der Waals surface area contributed by atoms with Crippen LogP contribution >= 0.6 is 0 Å². The van der Waals surface area contributed by atoms with E-state index in [1.54, 1.807) is 6.26 Å². The number of rotatable bonds is 3. The van der Waals surface area contributed by atoms with Gasteiger partial charge in [0.1, 0.15) is 5.76 Å². The van der Waals surface area contributed by atoms with E-state index in [9.17, 15) is 0 Å². The molecule has 2 atom stereocenters. The van der Waals surface area contributed by atoms with Crippen molar-refractivity contribution in [1.82, 2.24) is 5.32 Å². The minimum absolute atomic E-state index is 0.708. The summed E-state index contributed by atoms with van der Waals surface area (Å²) in [5.74, 6) is 1.94. The third-order valence-corrected chi connectivity index (χ3v) is 2.84. The van der Waals surface area contributed by atoms with Gasteiger partial charge in [-0.05, 0) is 37.3 Å². The Kier molecular flexibility index (Phi) is 2.69. The third kappa shape index (κ3) is 2.34. The Balaban J connectivity index is 1.74. The van der Waals surface area contributed by atoms with Gasteiger partial charge in [0.15, 0.2) is 0 Å². The highest BCUT2D eigenvalue weighted by Gasteiger charge is 2.20. The molecular weight excluding hydrogens is 162 g/mol. The van der Waals surface area contributed by atoms with Crippen molar-refractivity contribution in [2.75, 3.05) is 0 Å². The molecule has 0 bridgehead atoms. The van der Waals surface area contributed by atoms with Gasteiger partial charge in [-0.25, -0.2) is 0 Å². The molecule has 0 spiro atoms. The molecule has 0 aliphatic heterocycles. The van der Waals surface area contributed by atoms with Crippen LogP contribution in [0.4, 0.5) is 0 Å². The Morgan fingerprint density at radius 3 is 3.08 bits per heavy atom. The zero-order valence-corrected chi connectivity index (χ0v) is 8.12. The van der Waals surface area contributed by atoms with Gasteiger partial charge >= 0.3 is 0 Å². The van der Waals surface area contributed by atoms with Gasteiger partial charge in [-0.15, -0.1) is 0 Å². The lowest BCUT2D eigenvalue weighted by Gasteiger charge is -2.10. The highest BCUT2D eigenvalue weighted by Crippen LogP contribution is 2.24. The van der Waals surface area contributed by atoms with Crippen molar-refractivity contribution >= 4 is 0 Å². The third-order valence-electron chi connectivity index (χ3n) is 2.84. The maximum Gasteiger partial charge on any atom is 0.117 e. The van der Waals surface area contributed by atoms with Crippen LogP contribution in [0.5, 0.6) is 0 Å². The first-order valence-electron chi connectivity index (χ1n) is 5.10. The number of furan rings is 1. The molecule has 0 radical (unpaired) electrons. The molecule has 1 N–H and O–H groups in total. The first-order chi connectivity index (χ1) is 6.34. The Bertz CT molecular complexity index is 243. The van der Waals surface area contributed by atoms with Gasteiger partial charge in [0.05, 0.1) is 12.8 Å². The molecule has 1 aromatic rings. The highest BCUT2D eigenvalue weighted by atomic mass is 16.3. The number of hydrogen-bond acceptors (Lipinski definition) is 2. The zero-order chi connectivity index (χ0) is 9.10. The van der Waals surface area contributed by atoms with Crippen LogP contribution in [0.1, 0.15) is 31.9 Å². The summed E-state index contributed by atoms with van der Waals surface area (Å²) in [5.41, 5.74) is 0. The van der Waals surface area contributed by atoms with Gasteiger partial charge in [-0.2, -0.15) is 0 Å². The van der Waals surface area contributed by atoms with Crippen LogP contribution in [0.3, 0.4) is 0 Å². The summed E-state index contributed by atoms with van der Waals surface area (Å²) < 4.78 is 5.26.